The molecule has 0 spiro atoms. The summed E-state index contributed by atoms with van der Waals surface area (Å²) in [6, 6.07) is 5.78. The van der Waals surface area contributed by atoms with E-state index < -0.39 is 0 Å². The Morgan fingerprint density at radius 2 is 1.81 bits per heavy atom. The molecule has 0 saturated carbocycles. The summed E-state index contributed by atoms with van der Waals surface area (Å²) in [6.07, 6.45) is 0.587. The van der Waals surface area contributed by atoms with Crippen LogP contribution < -0.4 is 0 Å². The Balaban J connectivity index is 2.34. The molecule has 0 aliphatic rings. The molecule has 1 aromatic heterocycles. The first-order valence-electron chi connectivity index (χ1n) is 4.54. The van der Waals surface area contributed by atoms with Gasteiger partial charge >= 0.3 is 0 Å². The van der Waals surface area contributed by atoms with Gasteiger partial charge in [-0.3, -0.25) is 0 Å². The van der Waals surface area contributed by atoms with Crippen molar-refractivity contribution in [2.75, 3.05) is 5.88 Å². The molecule has 6 heteroatoms. The second-order valence-electron chi connectivity index (χ2n) is 3.10. The average Bonchev–Trinajstić information content (AvgIpc) is 2.65. The number of rotatable bonds is 3. The molecule has 84 valence electrons. The zero-order valence-corrected chi connectivity index (χ0v) is 12.0. The second kappa shape index (κ2) is 5.29. The Morgan fingerprint density at radius 3 is 2.44 bits per heavy atom. The van der Waals surface area contributed by atoms with E-state index in [0.29, 0.717) is 24.1 Å². The van der Waals surface area contributed by atoms with Crippen molar-refractivity contribution in [3.63, 3.8) is 0 Å². The molecule has 0 aliphatic heterocycles. The molecular formula is C10H7Br2ClN2O. The Bertz CT molecular complexity index is 481. The summed E-state index contributed by atoms with van der Waals surface area (Å²) < 4.78 is 7.38. The first kappa shape index (κ1) is 12.1. The van der Waals surface area contributed by atoms with E-state index in [9.17, 15) is 0 Å². The summed E-state index contributed by atoms with van der Waals surface area (Å²) in [5.74, 6) is 1.53. The van der Waals surface area contributed by atoms with Gasteiger partial charge < -0.3 is 4.42 Å². The minimum atomic E-state index is 0.476. The van der Waals surface area contributed by atoms with Crippen LogP contribution in [0.3, 0.4) is 0 Å². The summed E-state index contributed by atoms with van der Waals surface area (Å²) in [7, 11) is 0. The lowest BCUT2D eigenvalue weighted by Gasteiger charge is -1.97. The van der Waals surface area contributed by atoms with Crippen molar-refractivity contribution in [1.29, 1.82) is 0 Å². The fourth-order valence-corrected chi connectivity index (χ4v) is 2.68. The molecule has 0 saturated heterocycles. The van der Waals surface area contributed by atoms with Gasteiger partial charge in [-0.25, -0.2) is 0 Å². The van der Waals surface area contributed by atoms with Crippen molar-refractivity contribution in [2.45, 2.75) is 6.42 Å². The lowest BCUT2D eigenvalue weighted by atomic mass is 10.2. The largest absolute Gasteiger partial charge is 0.421 e. The maximum absolute atomic E-state index is 5.60. The van der Waals surface area contributed by atoms with E-state index >= 15 is 0 Å². The van der Waals surface area contributed by atoms with E-state index in [1.54, 1.807) is 0 Å². The molecule has 0 bridgehead atoms. The summed E-state index contributed by atoms with van der Waals surface area (Å²) in [5.41, 5.74) is 0.870. The van der Waals surface area contributed by atoms with Gasteiger partial charge in [0.05, 0.1) is 0 Å². The fraction of sp³-hybridized carbons (Fsp3) is 0.200. The average molecular weight is 366 g/mol. The van der Waals surface area contributed by atoms with Gasteiger partial charge in [-0.2, -0.15) is 0 Å². The highest BCUT2D eigenvalue weighted by Crippen LogP contribution is 2.26. The third-order valence-corrected chi connectivity index (χ3v) is 2.99. The lowest BCUT2D eigenvalue weighted by Crippen LogP contribution is -1.84. The molecular weight excluding hydrogens is 359 g/mol. The van der Waals surface area contributed by atoms with Crippen LogP contribution in [0.2, 0.25) is 0 Å². The van der Waals surface area contributed by atoms with Crippen molar-refractivity contribution < 1.29 is 4.42 Å². The minimum Gasteiger partial charge on any atom is -0.421 e. The molecule has 0 aliphatic carbocycles. The van der Waals surface area contributed by atoms with E-state index in [2.05, 4.69) is 42.1 Å². The van der Waals surface area contributed by atoms with Crippen LogP contribution in [0, 0.1) is 0 Å². The Hall–Kier alpha value is -0.390. The number of benzene rings is 1. The maximum Gasteiger partial charge on any atom is 0.247 e. The summed E-state index contributed by atoms with van der Waals surface area (Å²) in [4.78, 5) is 0. The van der Waals surface area contributed by atoms with Crippen molar-refractivity contribution in [1.82, 2.24) is 10.2 Å². The molecule has 3 nitrogen and oxygen atoms in total. The summed E-state index contributed by atoms with van der Waals surface area (Å²) >= 11 is 12.4. The van der Waals surface area contributed by atoms with Crippen molar-refractivity contribution in [3.8, 4) is 11.5 Å². The minimum absolute atomic E-state index is 0.476. The first-order valence-corrected chi connectivity index (χ1v) is 6.66. The molecule has 0 N–H and O–H groups in total. The van der Waals surface area contributed by atoms with Gasteiger partial charge in [0.15, 0.2) is 0 Å². The van der Waals surface area contributed by atoms with Crippen LogP contribution in [0.1, 0.15) is 5.89 Å². The second-order valence-corrected chi connectivity index (χ2v) is 5.31. The van der Waals surface area contributed by atoms with Gasteiger partial charge in [0, 0.05) is 26.8 Å². The molecule has 2 rings (SSSR count). The number of hydrogen-bond donors (Lipinski definition) is 0. The van der Waals surface area contributed by atoms with E-state index in [1.165, 1.54) is 0 Å². The third-order valence-electron chi connectivity index (χ3n) is 1.88. The van der Waals surface area contributed by atoms with Crippen molar-refractivity contribution in [3.05, 3.63) is 33.0 Å². The zero-order valence-electron chi connectivity index (χ0n) is 8.08. The van der Waals surface area contributed by atoms with E-state index in [4.69, 9.17) is 16.0 Å². The van der Waals surface area contributed by atoms with Gasteiger partial charge in [-0.05, 0) is 18.2 Å². The first-order chi connectivity index (χ1) is 7.69. The van der Waals surface area contributed by atoms with Crippen LogP contribution >= 0.6 is 43.5 Å². The highest BCUT2D eigenvalue weighted by Gasteiger charge is 2.09. The van der Waals surface area contributed by atoms with Crippen LogP contribution in [0.25, 0.3) is 11.5 Å². The molecule has 1 aromatic carbocycles. The number of aromatic nitrogens is 2. The van der Waals surface area contributed by atoms with Gasteiger partial charge in [0.2, 0.25) is 11.8 Å². The van der Waals surface area contributed by atoms with Gasteiger partial charge in [-0.15, -0.1) is 21.8 Å². The van der Waals surface area contributed by atoms with E-state index in [1.807, 2.05) is 18.2 Å². The molecule has 2 aromatic rings. The SMILES string of the molecule is ClCCc1nnc(-c2cc(Br)cc(Br)c2)o1. The highest BCUT2D eigenvalue weighted by molar-refractivity contribution is 9.11. The number of aryl methyl sites for hydroxylation is 1. The molecule has 0 radical (unpaired) electrons. The molecule has 0 amide bonds. The van der Waals surface area contributed by atoms with Gasteiger partial charge in [0.1, 0.15) is 0 Å². The molecule has 0 atom stereocenters. The standard InChI is InChI=1S/C10H7Br2ClN2O/c11-7-3-6(4-8(12)5-7)10-15-14-9(16-10)1-2-13/h3-5H,1-2H2. The molecule has 1 heterocycles. The molecule has 0 fully saturated rings. The maximum atomic E-state index is 5.60. The third kappa shape index (κ3) is 2.84. The smallest absolute Gasteiger partial charge is 0.247 e. The summed E-state index contributed by atoms with van der Waals surface area (Å²) in [5, 5.41) is 7.88. The van der Waals surface area contributed by atoms with Gasteiger partial charge in [-0.1, -0.05) is 31.9 Å². The van der Waals surface area contributed by atoms with Gasteiger partial charge in [0.25, 0.3) is 0 Å². The Labute approximate surface area is 114 Å². The number of halogens is 3. The molecule has 16 heavy (non-hydrogen) atoms. The van der Waals surface area contributed by atoms with Crippen molar-refractivity contribution in [2.24, 2.45) is 0 Å². The fourth-order valence-electron chi connectivity index (χ4n) is 1.23. The monoisotopic (exact) mass is 364 g/mol. The van der Waals surface area contributed by atoms with E-state index in [-0.39, 0.29) is 0 Å². The van der Waals surface area contributed by atoms with Crippen LogP contribution in [0.5, 0.6) is 0 Å². The summed E-state index contributed by atoms with van der Waals surface area (Å²) in [6.45, 7) is 0. The van der Waals surface area contributed by atoms with Crippen LogP contribution in [0.4, 0.5) is 0 Å². The quantitative estimate of drug-likeness (QED) is 0.770. The Kier molecular flexibility index (Phi) is 4.00. The van der Waals surface area contributed by atoms with Crippen LogP contribution in [0.15, 0.2) is 31.6 Å². The predicted octanol–water partition coefficient (Wildman–Crippen LogP) is 4.04. The Morgan fingerprint density at radius 1 is 1.12 bits per heavy atom. The normalized spacial score (nSPS) is 10.7. The topological polar surface area (TPSA) is 38.9 Å². The lowest BCUT2D eigenvalue weighted by molar-refractivity contribution is 0.513. The molecule has 0 unspecified atom stereocenters. The predicted molar refractivity (Wildman–Crippen MR) is 69.6 cm³/mol. The number of nitrogens with zero attached hydrogens (tertiary/aromatic N) is 2. The number of alkyl halides is 1. The highest BCUT2D eigenvalue weighted by atomic mass is 79.9. The van der Waals surface area contributed by atoms with Crippen LogP contribution in [-0.4, -0.2) is 16.1 Å². The zero-order chi connectivity index (χ0) is 11.5. The van der Waals surface area contributed by atoms with E-state index in [0.717, 1.165) is 14.5 Å². The number of hydrogen-bond acceptors (Lipinski definition) is 3. The van der Waals surface area contributed by atoms with Crippen molar-refractivity contribution >= 4 is 43.5 Å². The van der Waals surface area contributed by atoms with Crippen LogP contribution in [-0.2, 0) is 6.42 Å².